The smallest absolute Gasteiger partial charge is 0.0122 e. The highest BCUT2D eigenvalue weighted by atomic mass is 32.2. The Labute approximate surface area is 121 Å². The molecule has 0 aromatic heterocycles. The maximum atomic E-state index is 2.23. The summed E-state index contributed by atoms with van der Waals surface area (Å²) in [5.41, 5.74) is 2.80. The van der Waals surface area contributed by atoms with E-state index in [0.717, 1.165) is 0 Å². The van der Waals surface area contributed by atoms with E-state index >= 15 is 0 Å². The molecule has 0 saturated carbocycles. The maximum Gasteiger partial charge on any atom is 0.0122 e. The van der Waals surface area contributed by atoms with Crippen LogP contribution < -0.4 is 0 Å². The standard InChI is InChI=1S/C18H22S/c1-13(2)15-5-9-17(10-6-15)19-18-11-7-16(8-12-18)14(3)4/h5-14H,1-4H3. The van der Waals surface area contributed by atoms with E-state index in [9.17, 15) is 0 Å². The van der Waals surface area contributed by atoms with Crippen LogP contribution in [0, 0.1) is 0 Å². The Morgan fingerprint density at radius 3 is 1.16 bits per heavy atom. The second-order valence-electron chi connectivity index (χ2n) is 5.55. The van der Waals surface area contributed by atoms with Crippen molar-refractivity contribution in [1.29, 1.82) is 0 Å². The van der Waals surface area contributed by atoms with E-state index < -0.39 is 0 Å². The molecule has 0 saturated heterocycles. The molecular weight excluding hydrogens is 248 g/mol. The third-order valence-corrected chi connectivity index (χ3v) is 4.34. The molecule has 0 aliphatic rings. The first kappa shape index (κ1) is 14.2. The van der Waals surface area contributed by atoms with Crippen LogP contribution in [0.5, 0.6) is 0 Å². The Hall–Kier alpha value is -1.21. The van der Waals surface area contributed by atoms with Crippen LogP contribution in [0.15, 0.2) is 58.3 Å². The van der Waals surface area contributed by atoms with Gasteiger partial charge in [0.1, 0.15) is 0 Å². The average molecular weight is 270 g/mol. The second kappa shape index (κ2) is 6.29. The van der Waals surface area contributed by atoms with E-state index in [1.54, 1.807) is 0 Å². The third-order valence-electron chi connectivity index (χ3n) is 3.33. The zero-order valence-corrected chi connectivity index (χ0v) is 13.0. The maximum absolute atomic E-state index is 2.23. The Morgan fingerprint density at radius 1 is 0.579 bits per heavy atom. The zero-order valence-electron chi connectivity index (χ0n) is 12.2. The van der Waals surface area contributed by atoms with Crippen LogP contribution >= 0.6 is 11.8 Å². The van der Waals surface area contributed by atoms with Crippen molar-refractivity contribution in [3.63, 3.8) is 0 Å². The molecule has 0 radical (unpaired) electrons. The minimum Gasteiger partial charge on any atom is -0.0901 e. The van der Waals surface area contributed by atoms with Gasteiger partial charge in [-0.15, -0.1) is 0 Å². The van der Waals surface area contributed by atoms with Crippen molar-refractivity contribution in [2.75, 3.05) is 0 Å². The molecule has 0 bridgehead atoms. The minimum absolute atomic E-state index is 0.601. The number of hydrogen-bond donors (Lipinski definition) is 0. The van der Waals surface area contributed by atoms with Crippen LogP contribution in [0.2, 0.25) is 0 Å². The van der Waals surface area contributed by atoms with Gasteiger partial charge in [0, 0.05) is 9.79 Å². The third kappa shape index (κ3) is 3.87. The molecule has 100 valence electrons. The van der Waals surface area contributed by atoms with Crippen LogP contribution in [0.3, 0.4) is 0 Å². The highest BCUT2D eigenvalue weighted by molar-refractivity contribution is 7.99. The van der Waals surface area contributed by atoms with E-state index in [1.807, 2.05) is 11.8 Å². The monoisotopic (exact) mass is 270 g/mol. The lowest BCUT2D eigenvalue weighted by Crippen LogP contribution is -1.87. The molecule has 19 heavy (non-hydrogen) atoms. The number of benzene rings is 2. The molecular formula is C18H22S. The van der Waals surface area contributed by atoms with Crippen LogP contribution in [-0.4, -0.2) is 0 Å². The molecule has 0 amide bonds. The lowest BCUT2D eigenvalue weighted by Gasteiger charge is -2.08. The van der Waals surface area contributed by atoms with Gasteiger partial charge >= 0.3 is 0 Å². The van der Waals surface area contributed by atoms with Gasteiger partial charge < -0.3 is 0 Å². The molecule has 0 aliphatic carbocycles. The minimum atomic E-state index is 0.601. The first-order valence-electron chi connectivity index (χ1n) is 6.94. The predicted octanol–water partition coefficient (Wildman–Crippen LogP) is 6.08. The van der Waals surface area contributed by atoms with Crippen LogP contribution in [-0.2, 0) is 0 Å². The van der Waals surface area contributed by atoms with Gasteiger partial charge in [-0.3, -0.25) is 0 Å². The summed E-state index contributed by atoms with van der Waals surface area (Å²) < 4.78 is 0. The van der Waals surface area contributed by atoms with E-state index in [-0.39, 0.29) is 0 Å². The summed E-state index contributed by atoms with van der Waals surface area (Å²) >= 11 is 1.83. The predicted molar refractivity (Wildman–Crippen MR) is 85.2 cm³/mol. The molecule has 0 N–H and O–H groups in total. The van der Waals surface area contributed by atoms with Gasteiger partial charge in [-0.25, -0.2) is 0 Å². The highest BCUT2D eigenvalue weighted by Gasteiger charge is 2.02. The largest absolute Gasteiger partial charge is 0.0901 e. The molecule has 0 unspecified atom stereocenters. The second-order valence-corrected chi connectivity index (χ2v) is 6.70. The molecule has 2 aromatic carbocycles. The van der Waals surface area contributed by atoms with E-state index in [4.69, 9.17) is 0 Å². The molecule has 1 heteroatoms. The summed E-state index contributed by atoms with van der Waals surface area (Å²) in [6, 6.07) is 17.8. The molecule has 0 heterocycles. The van der Waals surface area contributed by atoms with Crippen molar-refractivity contribution in [3.8, 4) is 0 Å². The summed E-state index contributed by atoms with van der Waals surface area (Å²) in [4.78, 5) is 2.61. The average Bonchev–Trinajstić information content (AvgIpc) is 2.40. The number of hydrogen-bond acceptors (Lipinski definition) is 1. The first-order valence-corrected chi connectivity index (χ1v) is 7.75. The Kier molecular flexibility index (Phi) is 4.71. The van der Waals surface area contributed by atoms with Gasteiger partial charge in [-0.1, -0.05) is 63.7 Å². The molecule has 0 nitrogen and oxygen atoms in total. The lowest BCUT2D eigenvalue weighted by molar-refractivity contribution is 0.864. The quantitative estimate of drug-likeness (QED) is 0.648. The van der Waals surface area contributed by atoms with Gasteiger partial charge in [0.25, 0.3) is 0 Å². The Bertz CT molecular complexity index is 457. The Morgan fingerprint density at radius 2 is 0.895 bits per heavy atom. The SMILES string of the molecule is CC(C)c1ccc(Sc2ccc(C(C)C)cc2)cc1. The van der Waals surface area contributed by atoms with Gasteiger partial charge in [0.05, 0.1) is 0 Å². The lowest BCUT2D eigenvalue weighted by atomic mass is 10.0. The summed E-state index contributed by atoms with van der Waals surface area (Å²) in [5.74, 6) is 1.20. The molecule has 2 rings (SSSR count). The Balaban J connectivity index is 2.08. The van der Waals surface area contributed by atoms with Gasteiger partial charge in [0.2, 0.25) is 0 Å². The molecule has 2 aromatic rings. The van der Waals surface area contributed by atoms with Crippen molar-refractivity contribution in [1.82, 2.24) is 0 Å². The highest BCUT2D eigenvalue weighted by Crippen LogP contribution is 2.29. The van der Waals surface area contributed by atoms with Crippen LogP contribution in [0.25, 0.3) is 0 Å². The van der Waals surface area contributed by atoms with Crippen molar-refractivity contribution < 1.29 is 0 Å². The molecule has 0 fully saturated rings. The summed E-state index contributed by atoms with van der Waals surface area (Å²) in [7, 11) is 0. The fraction of sp³-hybridized carbons (Fsp3) is 0.333. The van der Waals surface area contributed by atoms with E-state index in [0.29, 0.717) is 11.8 Å². The van der Waals surface area contributed by atoms with Gasteiger partial charge in [0.15, 0.2) is 0 Å². The number of rotatable bonds is 4. The summed E-state index contributed by atoms with van der Waals surface area (Å²) in [5, 5.41) is 0. The first-order chi connectivity index (χ1) is 9.06. The van der Waals surface area contributed by atoms with Crippen LogP contribution in [0.4, 0.5) is 0 Å². The van der Waals surface area contributed by atoms with Crippen molar-refractivity contribution >= 4 is 11.8 Å². The van der Waals surface area contributed by atoms with E-state index in [2.05, 4.69) is 76.2 Å². The summed E-state index contributed by atoms with van der Waals surface area (Å²) in [6.45, 7) is 8.92. The van der Waals surface area contributed by atoms with Crippen molar-refractivity contribution in [3.05, 3.63) is 59.7 Å². The van der Waals surface area contributed by atoms with E-state index in [1.165, 1.54) is 20.9 Å². The fourth-order valence-corrected chi connectivity index (χ4v) is 2.79. The molecule has 0 atom stereocenters. The summed E-state index contributed by atoms with van der Waals surface area (Å²) in [6.07, 6.45) is 0. The molecule has 0 aliphatic heterocycles. The fourth-order valence-electron chi connectivity index (χ4n) is 1.98. The van der Waals surface area contributed by atoms with Crippen LogP contribution in [0.1, 0.15) is 50.7 Å². The zero-order chi connectivity index (χ0) is 13.8. The normalized spacial score (nSPS) is 11.3. The van der Waals surface area contributed by atoms with Crippen molar-refractivity contribution in [2.24, 2.45) is 0 Å². The van der Waals surface area contributed by atoms with Gasteiger partial charge in [-0.05, 0) is 47.2 Å². The topological polar surface area (TPSA) is 0 Å². The van der Waals surface area contributed by atoms with Crippen molar-refractivity contribution in [2.45, 2.75) is 49.3 Å². The molecule has 0 spiro atoms. The van der Waals surface area contributed by atoms with Gasteiger partial charge in [-0.2, -0.15) is 0 Å².